The zero-order chi connectivity index (χ0) is 19.1. The molecule has 2 aliphatic rings. The third kappa shape index (κ3) is 2.98. The molecular weight excluding hydrogens is 328 g/mol. The molecule has 0 N–H and O–H groups in total. The fourth-order valence-corrected chi connectivity index (χ4v) is 4.59. The van der Waals surface area contributed by atoms with Crippen LogP contribution in [0.1, 0.15) is 39.2 Å². The molecule has 0 saturated heterocycles. The number of hydrogen-bond donors (Lipinski definition) is 0. The number of carbonyl (C=O) groups excluding carboxylic acids is 2. The second-order valence-corrected chi connectivity index (χ2v) is 7.82. The van der Waals surface area contributed by atoms with E-state index in [1.807, 2.05) is 18.2 Å². The Hall–Kier alpha value is -2.36. The summed E-state index contributed by atoms with van der Waals surface area (Å²) in [6.45, 7) is 12.8. The van der Waals surface area contributed by atoms with Gasteiger partial charge >= 0.3 is 11.9 Å². The van der Waals surface area contributed by atoms with Gasteiger partial charge in [0.15, 0.2) is 0 Å². The van der Waals surface area contributed by atoms with Crippen LogP contribution in [0.15, 0.2) is 54.6 Å². The second kappa shape index (κ2) is 6.75. The Kier molecular flexibility index (Phi) is 4.78. The van der Waals surface area contributed by atoms with E-state index in [0.717, 1.165) is 12.0 Å². The van der Waals surface area contributed by atoms with Gasteiger partial charge in [0, 0.05) is 28.4 Å². The van der Waals surface area contributed by atoms with E-state index in [1.54, 1.807) is 13.8 Å². The Bertz CT molecular complexity index is 751. The fourth-order valence-electron chi connectivity index (χ4n) is 4.59. The van der Waals surface area contributed by atoms with E-state index in [1.165, 1.54) is 0 Å². The molecule has 1 aromatic rings. The Labute approximate surface area is 154 Å². The van der Waals surface area contributed by atoms with E-state index >= 15 is 0 Å². The zero-order valence-corrected chi connectivity index (χ0v) is 15.7. The lowest BCUT2D eigenvalue weighted by Crippen LogP contribution is -2.50. The number of benzene rings is 1. The van der Waals surface area contributed by atoms with Crippen molar-refractivity contribution in [3.05, 3.63) is 60.2 Å². The number of fused-ring (bicyclic) bond motifs is 2. The lowest BCUT2D eigenvalue weighted by Gasteiger charge is -2.44. The maximum atomic E-state index is 12.2. The summed E-state index contributed by atoms with van der Waals surface area (Å²) in [6.07, 6.45) is 1.14. The molecule has 2 fully saturated rings. The first-order valence-corrected chi connectivity index (χ1v) is 9.03. The molecule has 0 radical (unpaired) electrons. The molecule has 3 rings (SSSR count). The van der Waals surface area contributed by atoms with Crippen LogP contribution in [0.3, 0.4) is 0 Å². The van der Waals surface area contributed by atoms with Crippen LogP contribution in [0.2, 0.25) is 0 Å². The van der Waals surface area contributed by atoms with Crippen LogP contribution in [0, 0.1) is 11.8 Å². The monoisotopic (exact) mass is 354 g/mol. The van der Waals surface area contributed by atoms with Crippen LogP contribution in [0.25, 0.3) is 0 Å². The first-order valence-electron chi connectivity index (χ1n) is 9.03. The van der Waals surface area contributed by atoms with Gasteiger partial charge in [0.05, 0.1) is 0 Å². The van der Waals surface area contributed by atoms with Crippen molar-refractivity contribution >= 4 is 11.9 Å². The predicted octanol–water partition coefficient (Wildman–Crippen LogP) is 3.96. The smallest absolute Gasteiger partial charge is 0.333 e. The van der Waals surface area contributed by atoms with E-state index in [-0.39, 0.29) is 36.0 Å². The van der Waals surface area contributed by atoms with E-state index in [2.05, 4.69) is 32.2 Å². The second-order valence-electron chi connectivity index (χ2n) is 7.82. The Balaban J connectivity index is 1.94. The topological polar surface area (TPSA) is 52.6 Å². The molecule has 26 heavy (non-hydrogen) atoms. The first-order chi connectivity index (χ1) is 12.2. The molecular formula is C22H26O4. The fraction of sp³-hybridized carbons (Fsp3) is 0.455. The first kappa shape index (κ1) is 18.4. The molecule has 0 spiro atoms. The molecule has 5 unspecified atom stereocenters. The van der Waals surface area contributed by atoms with Gasteiger partial charge in [-0.25, -0.2) is 9.59 Å². The SMILES string of the molecule is C=C(C)C(=O)OC1CC2CC1C(C)(c1ccccc1)C2OC(=O)C(=C)C. The molecule has 2 saturated carbocycles. The minimum atomic E-state index is -0.407. The van der Waals surface area contributed by atoms with Crippen LogP contribution in [-0.2, 0) is 24.5 Å². The minimum Gasteiger partial charge on any atom is -0.459 e. The lowest BCUT2D eigenvalue weighted by molar-refractivity contribution is -0.160. The Morgan fingerprint density at radius 2 is 1.58 bits per heavy atom. The largest absolute Gasteiger partial charge is 0.459 e. The molecule has 2 bridgehead atoms. The van der Waals surface area contributed by atoms with Crippen LogP contribution in [-0.4, -0.2) is 24.1 Å². The lowest BCUT2D eigenvalue weighted by atomic mass is 9.67. The molecule has 4 heteroatoms. The maximum absolute atomic E-state index is 12.2. The van der Waals surface area contributed by atoms with Crippen molar-refractivity contribution in [3.8, 4) is 0 Å². The summed E-state index contributed by atoms with van der Waals surface area (Å²) in [7, 11) is 0. The molecule has 2 aliphatic carbocycles. The summed E-state index contributed by atoms with van der Waals surface area (Å²) in [5, 5.41) is 0. The summed E-state index contributed by atoms with van der Waals surface area (Å²) in [5.74, 6) is -0.453. The van der Waals surface area contributed by atoms with E-state index in [9.17, 15) is 9.59 Å². The number of hydrogen-bond acceptors (Lipinski definition) is 4. The molecule has 0 aromatic heterocycles. The van der Waals surface area contributed by atoms with Crippen LogP contribution in [0.5, 0.6) is 0 Å². The van der Waals surface area contributed by atoms with Crippen LogP contribution in [0.4, 0.5) is 0 Å². The predicted molar refractivity (Wildman–Crippen MR) is 99.4 cm³/mol. The van der Waals surface area contributed by atoms with Gasteiger partial charge in [0.2, 0.25) is 0 Å². The van der Waals surface area contributed by atoms with Gasteiger partial charge in [-0.2, -0.15) is 0 Å². The molecule has 138 valence electrons. The Morgan fingerprint density at radius 1 is 1.00 bits per heavy atom. The van der Waals surface area contributed by atoms with Crippen LogP contribution >= 0.6 is 0 Å². The van der Waals surface area contributed by atoms with Crippen molar-refractivity contribution < 1.29 is 19.1 Å². The third-order valence-corrected chi connectivity index (χ3v) is 5.92. The quantitative estimate of drug-likeness (QED) is 0.593. The van der Waals surface area contributed by atoms with Crippen LogP contribution < -0.4 is 0 Å². The number of carbonyl (C=O) groups is 2. The van der Waals surface area contributed by atoms with Gasteiger partial charge in [0.1, 0.15) is 12.2 Å². The molecule has 0 amide bonds. The van der Waals surface area contributed by atoms with Crippen molar-refractivity contribution in [1.29, 1.82) is 0 Å². The van der Waals surface area contributed by atoms with Crippen molar-refractivity contribution in [1.82, 2.24) is 0 Å². The van der Waals surface area contributed by atoms with Gasteiger partial charge < -0.3 is 9.47 Å². The maximum Gasteiger partial charge on any atom is 0.333 e. The highest BCUT2D eigenvalue weighted by atomic mass is 16.6. The number of rotatable bonds is 5. The summed E-state index contributed by atoms with van der Waals surface area (Å²) in [4.78, 5) is 24.3. The third-order valence-electron chi connectivity index (χ3n) is 5.92. The average molecular weight is 354 g/mol. The average Bonchev–Trinajstić information content (AvgIpc) is 3.13. The van der Waals surface area contributed by atoms with E-state index in [0.29, 0.717) is 17.6 Å². The van der Waals surface area contributed by atoms with Gasteiger partial charge in [-0.05, 0) is 32.3 Å². The summed E-state index contributed by atoms with van der Waals surface area (Å²) >= 11 is 0. The molecule has 5 atom stereocenters. The van der Waals surface area contributed by atoms with Gasteiger partial charge in [-0.3, -0.25) is 0 Å². The van der Waals surface area contributed by atoms with Crippen molar-refractivity contribution in [3.63, 3.8) is 0 Å². The zero-order valence-electron chi connectivity index (χ0n) is 15.7. The molecule has 0 aliphatic heterocycles. The van der Waals surface area contributed by atoms with Gasteiger partial charge in [-0.1, -0.05) is 50.4 Å². The van der Waals surface area contributed by atoms with Crippen molar-refractivity contribution in [2.24, 2.45) is 11.8 Å². The summed E-state index contributed by atoms with van der Waals surface area (Å²) in [6, 6.07) is 10.0. The van der Waals surface area contributed by atoms with E-state index in [4.69, 9.17) is 9.47 Å². The molecule has 4 nitrogen and oxygen atoms in total. The highest BCUT2D eigenvalue weighted by molar-refractivity contribution is 5.87. The van der Waals surface area contributed by atoms with Crippen molar-refractivity contribution in [2.45, 2.75) is 51.2 Å². The normalized spacial score (nSPS) is 32.1. The highest BCUT2D eigenvalue weighted by Crippen LogP contribution is 2.59. The molecule has 1 aromatic carbocycles. The Morgan fingerprint density at radius 3 is 2.15 bits per heavy atom. The minimum absolute atomic E-state index is 0.0983. The van der Waals surface area contributed by atoms with Gasteiger partial charge in [-0.15, -0.1) is 0 Å². The standard InChI is InChI=1S/C22H26O4/c1-13(2)20(23)25-18-12-15-11-17(18)22(5,16-9-7-6-8-10-16)19(15)26-21(24)14(3)4/h6-10,15,17-19H,1,3,11-12H2,2,4-5H3. The molecule has 0 heterocycles. The van der Waals surface area contributed by atoms with E-state index < -0.39 is 5.41 Å². The van der Waals surface area contributed by atoms with Crippen molar-refractivity contribution in [2.75, 3.05) is 0 Å². The van der Waals surface area contributed by atoms with Gasteiger partial charge in [0.25, 0.3) is 0 Å². The highest BCUT2D eigenvalue weighted by Gasteiger charge is 2.63. The summed E-state index contributed by atoms with van der Waals surface area (Å²) < 4.78 is 11.6. The number of esters is 2. The summed E-state index contributed by atoms with van der Waals surface area (Å²) in [5.41, 5.74) is 1.49. The number of ether oxygens (including phenoxy) is 2.